The quantitative estimate of drug-likeness (QED) is 0.265. The zero-order chi connectivity index (χ0) is 20.4. The minimum atomic E-state index is -5.74. The summed E-state index contributed by atoms with van der Waals surface area (Å²) in [6.07, 6.45) is -8.42. The van der Waals surface area contributed by atoms with Crippen LogP contribution in [0.3, 0.4) is 0 Å². The number of alkyl halides is 5. The van der Waals surface area contributed by atoms with Gasteiger partial charge in [0.25, 0.3) is 5.79 Å². The maximum atomic E-state index is 12.9. The number of ether oxygens (including phenoxy) is 4. The van der Waals surface area contributed by atoms with E-state index in [0.29, 0.717) is 0 Å². The summed E-state index contributed by atoms with van der Waals surface area (Å²) in [4.78, 5) is 11.6. The van der Waals surface area contributed by atoms with Crippen molar-refractivity contribution in [2.75, 3.05) is 20.0 Å². The fourth-order valence-corrected chi connectivity index (χ4v) is 1.69. The Morgan fingerprint density at radius 1 is 1.31 bits per heavy atom. The molecular formula is C11H13F5O9S. The first-order valence-corrected chi connectivity index (χ1v) is 7.89. The number of carbonyl (C=O) groups excluding carboxylic acids is 1. The van der Waals surface area contributed by atoms with Crippen LogP contribution in [0.1, 0.15) is 6.42 Å². The van der Waals surface area contributed by atoms with E-state index < -0.39 is 71.6 Å². The highest BCUT2D eigenvalue weighted by Gasteiger charge is 2.59. The lowest BCUT2D eigenvalue weighted by molar-refractivity contribution is -0.427. The fourth-order valence-electron chi connectivity index (χ4n) is 1.45. The summed E-state index contributed by atoms with van der Waals surface area (Å²) >= 11 is 0. The number of esters is 1. The van der Waals surface area contributed by atoms with Crippen molar-refractivity contribution in [2.45, 2.75) is 29.9 Å². The number of hydrogen-bond acceptors (Lipinski definition) is 8. The van der Waals surface area contributed by atoms with Gasteiger partial charge in [0.1, 0.15) is 6.61 Å². The zero-order valence-electron chi connectivity index (χ0n) is 12.7. The van der Waals surface area contributed by atoms with E-state index in [1.54, 1.807) is 0 Å². The van der Waals surface area contributed by atoms with Gasteiger partial charge in [-0.2, -0.15) is 30.4 Å². The Morgan fingerprint density at radius 2 is 1.88 bits per heavy atom. The highest BCUT2D eigenvalue weighted by Crippen LogP contribution is 2.38. The Bertz CT molecular complexity index is 647. The molecule has 15 heteroatoms. The van der Waals surface area contributed by atoms with Gasteiger partial charge in [0.15, 0.2) is 6.79 Å². The molecule has 0 spiro atoms. The molecule has 0 saturated carbocycles. The summed E-state index contributed by atoms with van der Waals surface area (Å²) < 4.78 is 110. The Balaban J connectivity index is 2.54. The number of hydrogen-bond donors (Lipinski definition) is 2. The molecule has 0 aromatic heterocycles. The third-order valence-electron chi connectivity index (χ3n) is 2.89. The van der Waals surface area contributed by atoms with Gasteiger partial charge in [-0.25, -0.2) is 4.79 Å². The maximum absolute atomic E-state index is 12.9. The molecule has 0 aromatic carbocycles. The highest BCUT2D eigenvalue weighted by molar-refractivity contribution is 7.86. The smallest absolute Gasteiger partial charge is 0.432 e. The highest BCUT2D eigenvalue weighted by atomic mass is 32.2. The molecule has 1 heterocycles. The van der Waals surface area contributed by atoms with E-state index >= 15 is 0 Å². The normalized spacial score (nSPS) is 25.0. The van der Waals surface area contributed by atoms with Gasteiger partial charge < -0.3 is 24.1 Å². The molecule has 0 bridgehead atoms. The largest absolute Gasteiger partial charge is 0.443 e. The lowest BCUT2D eigenvalue weighted by Crippen LogP contribution is -2.54. The molecule has 1 aliphatic rings. The van der Waals surface area contributed by atoms with E-state index in [4.69, 9.17) is 4.55 Å². The molecular weight excluding hydrogens is 403 g/mol. The van der Waals surface area contributed by atoms with E-state index in [-0.39, 0.29) is 0 Å². The molecule has 152 valence electrons. The van der Waals surface area contributed by atoms with Gasteiger partial charge in [0, 0.05) is 0 Å². The summed E-state index contributed by atoms with van der Waals surface area (Å²) in [6, 6.07) is 0. The van der Waals surface area contributed by atoms with Crippen LogP contribution in [0.25, 0.3) is 0 Å². The lowest BCUT2D eigenvalue weighted by atomic mass is 10.1. The summed E-state index contributed by atoms with van der Waals surface area (Å²) in [7, 11) is -5.74. The van der Waals surface area contributed by atoms with Gasteiger partial charge in [-0.3, -0.25) is 4.55 Å². The average molecular weight is 416 g/mol. The van der Waals surface area contributed by atoms with Gasteiger partial charge in [0.2, 0.25) is 6.29 Å². The van der Waals surface area contributed by atoms with E-state index in [1.165, 1.54) is 0 Å². The molecule has 1 fully saturated rings. The van der Waals surface area contributed by atoms with Crippen LogP contribution in [-0.4, -0.2) is 67.6 Å². The predicted octanol–water partition coefficient (Wildman–Crippen LogP) is 0.554. The van der Waals surface area contributed by atoms with Crippen LogP contribution in [0.15, 0.2) is 12.2 Å². The van der Waals surface area contributed by atoms with Crippen LogP contribution in [0.4, 0.5) is 22.0 Å². The van der Waals surface area contributed by atoms with Gasteiger partial charge in [-0.15, -0.1) is 0 Å². The molecule has 1 rings (SSSR count). The van der Waals surface area contributed by atoms with Gasteiger partial charge in [0.05, 0.1) is 18.6 Å². The second-order valence-electron chi connectivity index (χ2n) is 4.96. The molecule has 1 aliphatic heterocycles. The molecule has 26 heavy (non-hydrogen) atoms. The van der Waals surface area contributed by atoms with Crippen molar-refractivity contribution >= 4 is 16.1 Å². The van der Waals surface area contributed by atoms with Crippen LogP contribution in [0.5, 0.6) is 0 Å². The summed E-state index contributed by atoms with van der Waals surface area (Å²) in [6.45, 7) is -0.808. The van der Waals surface area contributed by atoms with Crippen LogP contribution in [0, 0.1) is 0 Å². The number of aliphatic hydroxyl groups is 1. The standard InChI is InChI=1S/C11H13F5O9S/c1-6(3-22-4-10(12,13)26(19,20)21)8(17)25-7-2-9(18,11(14,15)16)24-5-23-7/h7,18H,1-5H2,(H,19,20,21). The minimum absolute atomic E-state index is 0.679. The van der Waals surface area contributed by atoms with E-state index in [9.17, 15) is 40.3 Å². The van der Waals surface area contributed by atoms with Crippen molar-refractivity contribution in [3.05, 3.63) is 12.2 Å². The molecule has 2 atom stereocenters. The van der Waals surface area contributed by atoms with Crippen molar-refractivity contribution in [3.63, 3.8) is 0 Å². The van der Waals surface area contributed by atoms with Crippen molar-refractivity contribution in [1.82, 2.24) is 0 Å². The SMILES string of the molecule is C=C(COCC(F)(F)S(=O)(=O)O)C(=O)OC1CC(O)(C(F)(F)F)OCO1. The second-order valence-corrected chi connectivity index (χ2v) is 6.51. The third-order valence-corrected chi connectivity index (χ3v) is 3.76. The van der Waals surface area contributed by atoms with E-state index in [2.05, 4.69) is 25.5 Å². The van der Waals surface area contributed by atoms with Crippen LogP contribution < -0.4 is 0 Å². The van der Waals surface area contributed by atoms with Gasteiger partial charge >= 0.3 is 27.5 Å². The maximum Gasteiger partial charge on any atom is 0.443 e. The van der Waals surface area contributed by atoms with E-state index in [1.807, 2.05) is 0 Å². The first-order valence-electron chi connectivity index (χ1n) is 6.45. The fraction of sp³-hybridized carbons (Fsp3) is 0.727. The van der Waals surface area contributed by atoms with Gasteiger partial charge in [-0.1, -0.05) is 6.58 Å². The van der Waals surface area contributed by atoms with Crippen molar-refractivity contribution < 1.29 is 63.8 Å². The lowest BCUT2D eigenvalue weighted by Gasteiger charge is -2.36. The molecule has 1 saturated heterocycles. The Morgan fingerprint density at radius 3 is 2.38 bits per heavy atom. The summed E-state index contributed by atoms with van der Waals surface area (Å²) in [5, 5.41) is 4.66. The molecule has 0 amide bonds. The zero-order valence-corrected chi connectivity index (χ0v) is 13.5. The predicted molar refractivity (Wildman–Crippen MR) is 69.0 cm³/mol. The molecule has 0 aromatic rings. The molecule has 2 N–H and O–H groups in total. The first kappa shape index (κ1) is 22.7. The van der Waals surface area contributed by atoms with Gasteiger partial charge in [-0.05, 0) is 0 Å². The number of halogens is 5. The Labute approximate surface area is 143 Å². The molecule has 0 aliphatic carbocycles. The number of rotatable bonds is 7. The molecule has 9 nitrogen and oxygen atoms in total. The first-order chi connectivity index (χ1) is 11.6. The minimum Gasteiger partial charge on any atom is -0.432 e. The number of carbonyl (C=O) groups is 1. The topological polar surface area (TPSA) is 129 Å². The van der Waals surface area contributed by atoms with Crippen LogP contribution in [-0.2, 0) is 33.9 Å². The van der Waals surface area contributed by atoms with Crippen molar-refractivity contribution in [3.8, 4) is 0 Å². The molecule has 2 unspecified atom stereocenters. The van der Waals surface area contributed by atoms with Crippen molar-refractivity contribution in [2.24, 2.45) is 0 Å². The molecule has 0 radical (unpaired) electrons. The van der Waals surface area contributed by atoms with E-state index in [0.717, 1.165) is 0 Å². The summed E-state index contributed by atoms with van der Waals surface area (Å²) in [5.41, 5.74) is -0.679. The second kappa shape index (κ2) is 7.69. The Kier molecular flexibility index (Phi) is 6.70. The summed E-state index contributed by atoms with van der Waals surface area (Å²) in [5.74, 6) is -5.04. The van der Waals surface area contributed by atoms with Crippen molar-refractivity contribution in [1.29, 1.82) is 0 Å². The van der Waals surface area contributed by atoms with Crippen LogP contribution in [0.2, 0.25) is 0 Å². The third kappa shape index (κ3) is 5.55. The average Bonchev–Trinajstić information content (AvgIpc) is 2.44. The monoisotopic (exact) mass is 416 g/mol. The van der Waals surface area contributed by atoms with Crippen LogP contribution >= 0.6 is 0 Å². The Hall–Kier alpha value is -1.39.